The average molecular weight is 279 g/mol. The predicted octanol–water partition coefficient (Wildman–Crippen LogP) is 1.21. The minimum absolute atomic E-state index is 0.0173. The molecule has 110 valence electrons. The van der Waals surface area contributed by atoms with Gasteiger partial charge >= 0.3 is 0 Å². The highest BCUT2D eigenvalue weighted by Gasteiger charge is 2.12. The second kappa shape index (κ2) is 6.91. The highest BCUT2D eigenvalue weighted by molar-refractivity contribution is 5.97. The number of rotatable bonds is 5. The van der Waals surface area contributed by atoms with Crippen molar-refractivity contribution in [3.63, 3.8) is 0 Å². The average Bonchev–Trinajstić information content (AvgIpc) is 2.41. The third-order valence-electron chi connectivity index (χ3n) is 2.46. The molecule has 0 radical (unpaired) electrons. The van der Waals surface area contributed by atoms with Crippen molar-refractivity contribution in [3.05, 3.63) is 35.4 Å². The Balaban J connectivity index is 2.52. The highest BCUT2D eigenvalue weighted by atomic mass is 16.5. The van der Waals surface area contributed by atoms with Crippen molar-refractivity contribution < 1.29 is 14.7 Å². The molecule has 6 nitrogen and oxygen atoms in total. The molecule has 6 heteroatoms. The summed E-state index contributed by atoms with van der Waals surface area (Å²) < 4.78 is 5.37. The van der Waals surface area contributed by atoms with Gasteiger partial charge in [-0.25, -0.2) is 0 Å². The molecule has 0 heterocycles. The first-order chi connectivity index (χ1) is 9.31. The fraction of sp³-hybridized carbons (Fsp3) is 0.429. The highest BCUT2D eigenvalue weighted by Crippen LogP contribution is 2.07. The number of oxime groups is 1. The molecule has 0 atom stereocenters. The SMILES string of the molecule is CC(C)(C)OCC(=O)NCc1cccc(/C(N)=N/O)c1. The number of carbonyl (C=O) groups excluding carboxylic acids is 1. The van der Waals surface area contributed by atoms with Gasteiger partial charge in [0.15, 0.2) is 5.84 Å². The Bertz CT molecular complexity index is 493. The molecule has 0 aromatic heterocycles. The molecule has 0 aliphatic heterocycles. The Morgan fingerprint density at radius 2 is 2.15 bits per heavy atom. The summed E-state index contributed by atoms with van der Waals surface area (Å²) in [7, 11) is 0. The van der Waals surface area contributed by atoms with Crippen LogP contribution in [0.1, 0.15) is 31.9 Å². The molecule has 0 saturated carbocycles. The van der Waals surface area contributed by atoms with Crippen LogP contribution in [0.4, 0.5) is 0 Å². The Morgan fingerprint density at radius 3 is 2.75 bits per heavy atom. The predicted molar refractivity (Wildman–Crippen MR) is 76.5 cm³/mol. The summed E-state index contributed by atoms with van der Waals surface area (Å²) in [5.74, 6) is -0.150. The number of carbonyl (C=O) groups is 1. The van der Waals surface area contributed by atoms with Crippen LogP contribution in [-0.4, -0.2) is 29.2 Å². The standard InChI is InChI=1S/C14H21N3O3/c1-14(2,3)20-9-12(18)16-8-10-5-4-6-11(7-10)13(15)17-19/h4-7,19H,8-9H2,1-3H3,(H2,15,17)(H,16,18). The molecule has 0 spiro atoms. The maximum absolute atomic E-state index is 11.6. The van der Waals surface area contributed by atoms with Gasteiger partial charge in [0.1, 0.15) is 6.61 Å². The number of hydrogen-bond acceptors (Lipinski definition) is 4. The van der Waals surface area contributed by atoms with Crippen LogP contribution >= 0.6 is 0 Å². The fourth-order valence-electron chi connectivity index (χ4n) is 1.43. The Kier molecular flexibility index (Phi) is 5.52. The minimum atomic E-state index is -0.344. The number of nitrogens with zero attached hydrogens (tertiary/aromatic N) is 1. The molecular weight excluding hydrogens is 258 g/mol. The van der Waals surface area contributed by atoms with Crippen LogP contribution in [0.3, 0.4) is 0 Å². The van der Waals surface area contributed by atoms with E-state index in [-0.39, 0.29) is 24.0 Å². The molecule has 0 bridgehead atoms. The zero-order valence-electron chi connectivity index (χ0n) is 12.0. The summed E-state index contributed by atoms with van der Waals surface area (Å²) in [5.41, 5.74) is 6.62. The topological polar surface area (TPSA) is 96.9 Å². The van der Waals surface area contributed by atoms with E-state index in [1.54, 1.807) is 18.2 Å². The third kappa shape index (κ3) is 5.71. The van der Waals surface area contributed by atoms with E-state index >= 15 is 0 Å². The smallest absolute Gasteiger partial charge is 0.246 e. The van der Waals surface area contributed by atoms with Crippen molar-refractivity contribution in [1.82, 2.24) is 5.32 Å². The van der Waals surface area contributed by atoms with Crippen molar-refractivity contribution in [1.29, 1.82) is 0 Å². The minimum Gasteiger partial charge on any atom is -0.409 e. The lowest BCUT2D eigenvalue weighted by atomic mass is 10.1. The van der Waals surface area contributed by atoms with E-state index in [1.165, 1.54) is 0 Å². The van der Waals surface area contributed by atoms with Gasteiger partial charge in [0.25, 0.3) is 0 Å². The van der Waals surface area contributed by atoms with E-state index in [1.807, 2.05) is 26.8 Å². The number of benzene rings is 1. The molecule has 1 aromatic carbocycles. The number of amides is 1. The number of hydrogen-bond donors (Lipinski definition) is 3. The molecule has 4 N–H and O–H groups in total. The Labute approximate surface area is 118 Å². The maximum atomic E-state index is 11.6. The third-order valence-corrected chi connectivity index (χ3v) is 2.46. The number of amidine groups is 1. The fourth-order valence-corrected chi connectivity index (χ4v) is 1.43. The maximum Gasteiger partial charge on any atom is 0.246 e. The van der Waals surface area contributed by atoms with Crippen LogP contribution in [0.5, 0.6) is 0 Å². The first-order valence-corrected chi connectivity index (χ1v) is 6.29. The second-order valence-corrected chi connectivity index (χ2v) is 5.36. The van der Waals surface area contributed by atoms with E-state index < -0.39 is 0 Å². The molecule has 0 unspecified atom stereocenters. The molecule has 1 aromatic rings. The quantitative estimate of drug-likeness (QED) is 0.327. The van der Waals surface area contributed by atoms with Crippen molar-refractivity contribution in [3.8, 4) is 0 Å². The van der Waals surface area contributed by atoms with Gasteiger partial charge in [-0.05, 0) is 32.4 Å². The molecular formula is C14H21N3O3. The molecule has 0 aliphatic rings. The van der Waals surface area contributed by atoms with Crippen LogP contribution in [0.2, 0.25) is 0 Å². The van der Waals surface area contributed by atoms with Gasteiger partial charge in [-0.3, -0.25) is 4.79 Å². The van der Waals surface area contributed by atoms with E-state index in [0.717, 1.165) is 5.56 Å². The van der Waals surface area contributed by atoms with Crippen LogP contribution in [0.15, 0.2) is 29.4 Å². The van der Waals surface area contributed by atoms with Gasteiger partial charge in [0, 0.05) is 12.1 Å². The lowest BCUT2D eigenvalue weighted by molar-refractivity contribution is -0.130. The van der Waals surface area contributed by atoms with E-state index in [0.29, 0.717) is 12.1 Å². The summed E-state index contributed by atoms with van der Waals surface area (Å²) in [5, 5.41) is 14.3. The molecule has 0 fully saturated rings. The largest absolute Gasteiger partial charge is 0.409 e. The molecule has 0 saturated heterocycles. The summed E-state index contributed by atoms with van der Waals surface area (Å²) in [4.78, 5) is 11.6. The van der Waals surface area contributed by atoms with Gasteiger partial charge in [0.05, 0.1) is 5.60 Å². The van der Waals surface area contributed by atoms with Crippen LogP contribution in [0.25, 0.3) is 0 Å². The summed E-state index contributed by atoms with van der Waals surface area (Å²) in [6.07, 6.45) is 0. The van der Waals surface area contributed by atoms with Gasteiger partial charge in [-0.15, -0.1) is 0 Å². The molecule has 1 rings (SSSR count). The van der Waals surface area contributed by atoms with Crippen molar-refractivity contribution in [2.24, 2.45) is 10.9 Å². The zero-order chi connectivity index (χ0) is 15.2. The normalized spacial score (nSPS) is 12.2. The zero-order valence-corrected chi connectivity index (χ0v) is 12.0. The van der Waals surface area contributed by atoms with Gasteiger partial charge in [0.2, 0.25) is 5.91 Å². The number of ether oxygens (including phenoxy) is 1. The number of nitrogens with two attached hydrogens (primary N) is 1. The first-order valence-electron chi connectivity index (χ1n) is 6.29. The van der Waals surface area contributed by atoms with E-state index in [4.69, 9.17) is 15.7 Å². The monoisotopic (exact) mass is 279 g/mol. The second-order valence-electron chi connectivity index (χ2n) is 5.36. The van der Waals surface area contributed by atoms with Crippen LogP contribution in [0, 0.1) is 0 Å². The molecule has 1 amide bonds. The lowest BCUT2D eigenvalue weighted by Crippen LogP contribution is -2.31. The van der Waals surface area contributed by atoms with E-state index in [2.05, 4.69) is 10.5 Å². The Hall–Kier alpha value is -2.08. The molecule has 20 heavy (non-hydrogen) atoms. The van der Waals surface area contributed by atoms with Gasteiger partial charge in [-0.2, -0.15) is 0 Å². The van der Waals surface area contributed by atoms with Crippen LogP contribution in [-0.2, 0) is 16.1 Å². The van der Waals surface area contributed by atoms with E-state index in [9.17, 15) is 4.79 Å². The lowest BCUT2D eigenvalue weighted by Gasteiger charge is -2.19. The summed E-state index contributed by atoms with van der Waals surface area (Å²) in [6.45, 7) is 6.05. The summed E-state index contributed by atoms with van der Waals surface area (Å²) >= 11 is 0. The van der Waals surface area contributed by atoms with Crippen molar-refractivity contribution in [2.45, 2.75) is 32.9 Å². The van der Waals surface area contributed by atoms with Crippen LogP contribution < -0.4 is 11.1 Å². The van der Waals surface area contributed by atoms with Gasteiger partial charge < -0.3 is 21.0 Å². The summed E-state index contributed by atoms with van der Waals surface area (Å²) in [6, 6.07) is 7.10. The first kappa shape index (κ1) is 16.0. The van der Waals surface area contributed by atoms with Crippen molar-refractivity contribution in [2.75, 3.05) is 6.61 Å². The Morgan fingerprint density at radius 1 is 1.45 bits per heavy atom. The van der Waals surface area contributed by atoms with Crippen molar-refractivity contribution >= 4 is 11.7 Å². The number of nitrogens with one attached hydrogen (secondary N) is 1. The van der Waals surface area contributed by atoms with Gasteiger partial charge in [-0.1, -0.05) is 23.4 Å². The molecule has 0 aliphatic carbocycles.